The second kappa shape index (κ2) is 18.4. The first-order valence-corrected chi connectivity index (χ1v) is 17.3. The van der Waals surface area contributed by atoms with Crippen LogP contribution in [0.15, 0.2) is 48.5 Å². The Balaban J connectivity index is 1.34. The minimum atomic E-state index is -1.04. The molecule has 2 atom stereocenters. The van der Waals surface area contributed by atoms with Crippen LogP contribution < -0.4 is 9.47 Å². The van der Waals surface area contributed by atoms with Crippen LogP contribution in [0.5, 0.6) is 11.5 Å². The van der Waals surface area contributed by atoms with E-state index in [9.17, 15) is 24.3 Å². The van der Waals surface area contributed by atoms with Gasteiger partial charge in [0.15, 0.2) is 11.5 Å². The predicted molar refractivity (Wildman–Crippen MR) is 183 cm³/mol. The van der Waals surface area contributed by atoms with Crippen molar-refractivity contribution < 1.29 is 43.2 Å². The van der Waals surface area contributed by atoms with E-state index >= 15 is 0 Å². The molecular formula is C37H51N3O9. The monoisotopic (exact) mass is 681 g/mol. The molecule has 2 fully saturated rings. The SMILES string of the molecule is COCCCOc1cc(C(=O)N(C(C)C)[C@@H]2CC[C@H](CCN(C(=O)CCCOC(=O)c3ccccc3)C3CC3)N(C(=O)O)C2)ccc1OC. The van der Waals surface area contributed by atoms with Crippen molar-refractivity contribution in [3.05, 3.63) is 59.7 Å². The summed E-state index contributed by atoms with van der Waals surface area (Å²) in [6, 6.07) is 13.2. The van der Waals surface area contributed by atoms with Crippen molar-refractivity contribution in [1.82, 2.24) is 14.7 Å². The first-order valence-electron chi connectivity index (χ1n) is 17.3. The molecule has 2 aliphatic rings. The van der Waals surface area contributed by atoms with Crippen LogP contribution in [-0.2, 0) is 14.3 Å². The van der Waals surface area contributed by atoms with E-state index in [0.717, 1.165) is 12.8 Å². The van der Waals surface area contributed by atoms with Crippen LogP contribution >= 0.6 is 0 Å². The minimum Gasteiger partial charge on any atom is -0.493 e. The van der Waals surface area contributed by atoms with Gasteiger partial charge in [0, 0.05) is 63.3 Å². The van der Waals surface area contributed by atoms with E-state index in [0.29, 0.717) is 74.5 Å². The van der Waals surface area contributed by atoms with Gasteiger partial charge in [-0.2, -0.15) is 0 Å². The van der Waals surface area contributed by atoms with Crippen LogP contribution in [0.3, 0.4) is 0 Å². The Morgan fingerprint density at radius 1 is 0.878 bits per heavy atom. The molecule has 0 radical (unpaired) electrons. The number of carbonyl (C=O) groups is 4. The molecule has 0 unspecified atom stereocenters. The normalized spacial score (nSPS) is 17.4. The molecule has 1 saturated carbocycles. The Labute approximate surface area is 289 Å². The average Bonchev–Trinajstić information content (AvgIpc) is 3.94. The van der Waals surface area contributed by atoms with E-state index in [1.165, 1.54) is 4.90 Å². The summed E-state index contributed by atoms with van der Waals surface area (Å²) in [5.74, 6) is 0.366. The van der Waals surface area contributed by atoms with E-state index in [-0.39, 0.29) is 55.6 Å². The molecule has 268 valence electrons. The highest BCUT2D eigenvalue weighted by molar-refractivity contribution is 5.95. The highest BCUT2D eigenvalue weighted by Gasteiger charge is 2.39. The summed E-state index contributed by atoms with van der Waals surface area (Å²) in [4.78, 5) is 56.9. The molecule has 0 bridgehead atoms. The molecule has 49 heavy (non-hydrogen) atoms. The maximum absolute atomic E-state index is 13.9. The molecule has 3 amide bonds. The number of hydrogen-bond donors (Lipinski definition) is 1. The molecule has 2 aromatic rings. The molecule has 1 aliphatic carbocycles. The number of nitrogens with zero attached hydrogens (tertiary/aromatic N) is 3. The van der Waals surface area contributed by atoms with Crippen LogP contribution in [0.25, 0.3) is 0 Å². The predicted octanol–water partition coefficient (Wildman–Crippen LogP) is 5.49. The van der Waals surface area contributed by atoms with Crippen molar-refractivity contribution in [3.63, 3.8) is 0 Å². The zero-order valence-corrected chi connectivity index (χ0v) is 29.2. The fourth-order valence-corrected chi connectivity index (χ4v) is 6.42. The fourth-order valence-electron chi connectivity index (χ4n) is 6.42. The number of likely N-dealkylation sites (tertiary alicyclic amines) is 1. The average molecular weight is 682 g/mol. The largest absolute Gasteiger partial charge is 0.493 e. The number of piperidine rings is 1. The van der Waals surface area contributed by atoms with Gasteiger partial charge in [0.2, 0.25) is 5.91 Å². The first-order chi connectivity index (χ1) is 23.6. The second-order valence-electron chi connectivity index (χ2n) is 12.9. The molecule has 1 saturated heterocycles. The minimum absolute atomic E-state index is 0.00746. The lowest BCUT2D eigenvalue weighted by Crippen LogP contribution is -2.57. The number of esters is 1. The Bertz CT molecular complexity index is 1400. The van der Waals surface area contributed by atoms with Crippen LogP contribution in [-0.4, -0.2) is 115 Å². The highest BCUT2D eigenvalue weighted by Crippen LogP contribution is 2.32. The number of rotatable bonds is 18. The zero-order chi connectivity index (χ0) is 35.3. The standard InChI is InChI=1S/C37H51N3O9/c1-26(2)40(35(42)28-13-18-32(47-4)33(24-28)48-23-9-21-46-3)31-17-16-30(39(25-31)37(44)45)19-20-38(29-14-15-29)34(41)12-8-22-49-36(43)27-10-6-5-7-11-27/h5-7,10-11,13,18,24,26,29-31H,8-9,12,14-17,19-23,25H2,1-4H3,(H,44,45)/t30-,31-/m1/s1. The van der Waals surface area contributed by atoms with Crippen molar-refractivity contribution in [1.29, 1.82) is 0 Å². The molecule has 12 heteroatoms. The van der Waals surface area contributed by atoms with Crippen molar-refractivity contribution in [2.45, 2.75) is 89.4 Å². The first kappa shape index (κ1) is 37.5. The third-order valence-electron chi connectivity index (χ3n) is 9.06. The van der Waals surface area contributed by atoms with Gasteiger partial charge in [-0.15, -0.1) is 0 Å². The van der Waals surface area contributed by atoms with Crippen molar-refractivity contribution >= 4 is 23.9 Å². The number of benzene rings is 2. The molecule has 0 spiro atoms. The number of carboxylic acid groups (broad SMARTS) is 1. The molecule has 1 heterocycles. The summed E-state index contributed by atoms with van der Waals surface area (Å²) in [5, 5.41) is 10.2. The maximum Gasteiger partial charge on any atom is 0.407 e. The van der Waals surface area contributed by atoms with Crippen LogP contribution in [0.1, 0.15) is 85.9 Å². The fraction of sp³-hybridized carbons (Fsp3) is 0.568. The van der Waals surface area contributed by atoms with E-state index in [1.54, 1.807) is 61.6 Å². The quantitative estimate of drug-likeness (QED) is 0.160. The van der Waals surface area contributed by atoms with Gasteiger partial charge in [-0.1, -0.05) is 18.2 Å². The van der Waals surface area contributed by atoms with Crippen LogP contribution in [0, 0.1) is 0 Å². The van der Waals surface area contributed by atoms with Crippen LogP contribution in [0.4, 0.5) is 4.79 Å². The highest BCUT2D eigenvalue weighted by atomic mass is 16.5. The van der Waals surface area contributed by atoms with Gasteiger partial charge in [0.1, 0.15) is 0 Å². The lowest BCUT2D eigenvalue weighted by atomic mass is 9.93. The van der Waals surface area contributed by atoms with Gasteiger partial charge in [0.05, 0.1) is 31.9 Å². The third kappa shape index (κ3) is 10.6. The Morgan fingerprint density at radius 3 is 2.27 bits per heavy atom. The summed E-state index contributed by atoms with van der Waals surface area (Å²) in [6.07, 6.45) is 3.91. The summed E-state index contributed by atoms with van der Waals surface area (Å²) in [6.45, 7) is 5.61. The Hall–Kier alpha value is -4.32. The number of amides is 3. The van der Waals surface area contributed by atoms with Gasteiger partial charge in [-0.05, 0) is 82.7 Å². The third-order valence-corrected chi connectivity index (χ3v) is 9.06. The summed E-state index contributed by atoms with van der Waals surface area (Å²) in [7, 11) is 3.17. The summed E-state index contributed by atoms with van der Waals surface area (Å²) < 4.78 is 21.8. The molecule has 4 rings (SSSR count). The summed E-state index contributed by atoms with van der Waals surface area (Å²) in [5.41, 5.74) is 0.912. The lowest BCUT2D eigenvalue weighted by molar-refractivity contribution is -0.132. The van der Waals surface area contributed by atoms with Gasteiger partial charge in [-0.25, -0.2) is 9.59 Å². The lowest BCUT2D eigenvalue weighted by Gasteiger charge is -2.44. The second-order valence-corrected chi connectivity index (χ2v) is 12.9. The topological polar surface area (TPSA) is 135 Å². The molecule has 1 aliphatic heterocycles. The molecule has 12 nitrogen and oxygen atoms in total. The Kier molecular flexibility index (Phi) is 14.1. The van der Waals surface area contributed by atoms with Gasteiger partial charge in [-0.3, -0.25) is 9.59 Å². The molecule has 2 aromatic carbocycles. The van der Waals surface area contributed by atoms with Gasteiger partial charge >= 0.3 is 12.1 Å². The number of ether oxygens (including phenoxy) is 4. The van der Waals surface area contributed by atoms with E-state index in [2.05, 4.69) is 0 Å². The zero-order valence-electron chi connectivity index (χ0n) is 29.2. The van der Waals surface area contributed by atoms with Crippen molar-refractivity contribution in [2.75, 3.05) is 47.1 Å². The van der Waals surface area contributed by atoms with Crippen molar-refractivity contribution in [2.24, 2.45) is 0 Å². The molecule has 0 aromatic heterocycles. The number of hydrogen-bond acceptors (Lipinski definition) is 8. The van der Waals surface area contributed by atoms with Gasteiger partial charge < -0.3 is 38.8 Å². The maximum atomic E-state index is 13.9. The molecule has 1 N–H and O–H groups in total. The number of carbonyl (C=O) groups excluding carboxylic acids is 3. The smallest absolute Gasteiger partial charge is 0.407 e. The Morgan fingerprint density at radius 2 is 1.61 bits per heavy atom. The molecular weight excluding hydrogens is 630 g/mol. The summed E-state index contributed by atoms with van der Waals surface area (Å²) >= 11 is 0. The van der Waals surface area contributed by atoms with Gasteiger partial charge in [0.25, 0.3) is 5.91 Å². The van der Waals surface area contributed by atoms with E-state index in [4.69, 9.17) is 18.9 Å². The number of methoxy groups -OCH3 is 2. The van der Waals surface area contributed by atoms with Crippen molar-refractivity contribution in [3.8, 4) is 11.5 Å². The van der Waals surface area contributed by atoms with Crippen LogP contribution in [0.2, 0.25) is 0 Å². The van der Waals surface area contributed by atoms with E-state index < -0.39 is 12.1 Å². The van der Waals surface area contributed by atoms with E-state index in [1.807, 2.05) is 24.8 Å².